The minimum atomic E-state index is -0.813. The topological polar surface area (TPSA) is 76.1 Å². The summed E-state index contributed by atoms with van der Waals surface area (Å²) in [4.78, 5) is 27.9. The fourth-order valence-electron chi connectivity index (χ4n) is 4.00. The fraction of sp³-hybridized carbons (Fsp3) is 0.154. The largest absolute Gasteiger partial charge is 0.507 e. The van der Waals surface area contributed by atoms with E-state index < -0.39 is 17.7 Å². The van der Waals surface area contributed by atoms with Crippen LogP contribution >= 0.6 is 0 Å². The molecule has 0 spiro atoms. The molecule has 0 radical (unpaired) electrons. The lowest BCUT2D eigenvalue weighted by Gasteiger charge is -2.27. The molecule has 1 unspecified atom stereocenters. The van der Waals surface area contributed by atoms with Gasteiger partial charge in [0, 0.05) is 5.69 Å². The van der Waals surface area contributed by atoms with Crippen molar-refractivity contribution in [3.8, 4) is 11.5 Å². The molecule has 6 nitrogen and oxygen atoms in total. The van der Waals surface area contributed by atoms with Gasteiger partial charge in [0.15, 0.2) is 0 Å². The van der Waals surface area contributed by atoms with E-state index in [0.717, 1.165) is 5.56 Å². The normalized spacial score (nSPS) is 17.5. The van der Waals surface area contributed by atoms with Crippen LogP contribution in [0.25, 0.3) is 5.76 Å². The quantitative estimate of drug-likeness (QED) is 0.363. The number of hydrogen-bond acceptors (Lipinski definition) is 5. The van der Waals surface area contributed by atoms with Gasteiger partial charge in [0.25, 0.3) is 11.7 Å². The molecule has 6 heteroatoms. The van der Waals surface area contributed by atoms with Gasteiger partial charge >= 0.3 is 0 Å². The van der Waals surface area contributed by atoms with Crippen molar-refractivity contribution in [3.05, 3.63) is 95.1 Å². The number of carbonyl (C=O) groups excluding carboxylic acids is 2. The van der Waals surface area contributed by atoms with E-state index in [1.54, 1.807) is 61.7 Å². The number of aliphatic hydroxyl groups excluding tert-OH is 1. The van der Waals surface area contributed by atoms with Gasteiger partial charge < -0.3 is 14.6 Å². The van der Waals surface area contributed by atoms with E-state index >= 15 is 0 Å². The second-order valence-electron chi connectivity index (χ2n) is 7.43. The molecule has 3 aromatic carbocycles. The van der Waals surface area contributed by atoms with Gasteiger partial charge in [-0.1, -0.05) is 42.5 Å². The molecule has 1 aliphatic rings. The van der Waals surface area contributed by atoms with E-state index in [4.69, 9.17) is 9.47 Å². The van der Waals surface area contributed by atoms with Gasteiger partial charge in [0.2, 0.25) is 0 Å². The number of rotatable bonds is 5. The number of nitrogens with zero attached hydrogens (tertiary/aromatic N) is 1. The Labute approximate surface area is 186 Å². The van der Waals surface area contributed by atoms with Crippen LogP contribution in [0.15, 0.2) is 78.4 Å². The number of anilines is 1. The summed E-state index contributed by atoms with van der Waals surface area (Å²) < 4.78 is 10.6. The van der Waals surface area contributed by atoms with E-state index in [1.165, 1.54) is 12.0 Å². The first-order valence-corrected chi connectivity index (χ1v) is 10.1. The van der Waals surface area contributed by atoms with Crippen molar-refractivity contribution < 1.29 is 24.2 Å². The minimum Gasteiger partial charge on any atom is -0.507 e. The Balaban J connectivity index is 1.98. The van der Waals surface area contributed by atoms with Gasteiger partial charge in [-0.2, -0.15) is 0 Å². The highest BCUT2D eigenvalue weighted by Crippen LogP contribution is 2.44. The average molecular weight is 429 g/mol. The van der Waals surface area contributed by atoms with Gasteiger partial charge in [-0.15, -0.1) is 0 Å². The summed E-state index contributed by atoms with van der Waals surface area (Å²) in [5, 5.41) is 11.3. The van der Waals surface area contributed by atoms with Gasteiger partial charge in [0.05, 0.1) is 31.4 Å². The van der Waals surface area contributed by atoms with Crippen molar-refractivity contribution in [2.45, 2.75) is 13.0 Å². The van der Waals surface area contributed by atoms with Crippen molar-refractivity contribution >= 4 is 23.1 Å². The number of ether oxygens (including phenoxy) is 2. The molecule has 32 heavy (non-hydrogen) atoms. The summed E-state index contributed by atoms with van der Waals surface area (Å²) in [6, 6.07) is 20.5. The van der Waals surface area contributed by atoms with E-state index in [1.807, 2.05) is 25.1 Å². The van der Waals surface area contributed by atoms with E-state index in [0.29, 0.717) is 28.3 Å². The van der Waals surface area contributed by atoms with Crippen LogP contribution < -0.4 is 14.4 Å². The van der Waals surface area contributed by atoms with Crippen LogP contribution in [0.3, 0.4) is 0 Å². The molecular formula is C26H23NO5. The van der Waals surface area contributed by atoms with E-state index in [9.17, 15) is 14.7 Å². The molecule has 1 aliphatic heterocycles. The van der Waals surface area contributed by atoms with Crippen molar-refractivity contribution in [1.29, 1.82) is 0 Å². The third-order valence-electron chi connectivity index (χ3n) is 5.61. The highest BCUT2D eigenvalue weighted by atomic mass is 16.5. The second-order valence-corrected chi connectivity index (χ2v) is 7.43. The van der Waals surface area contributed by atoms with Crippen LogP contribution in [0, 0.1) is 6.92 Å². The minimum absolute atomic E-state index is 0.00733. The van der Waals surface area contributed by atoms with E-state index in [-0.39, 0.29) is 11.3 Å². The number of Topliss-reactive ketones (excluding diaryl/α,β-unsaturated/α-hetero) is 1. The number of para-hydroxylation sites is 2. The Hall–Kier alpha value is -4.06. The summed E-state index contributed by atoms with van der Waals surface area (Å²) >= 11 is 0. The highest BCUT2D eigenvalue weighted by Gasteiger charge is 2.47. The molecule has 0 saturated carbocycles. The Morgan fingerprint density at radius 3 is 2.19 bits per heavy atom. The third-order valence-corrected chi connectivity index (χ3v) is 5.61. The number of benzene rings is 3. The summed E-state index contributed by atoms with van der Waals surface area (Å²) in [7, 11) is 3.05. The molecule has 4 rings (SSSR count). The molecule has 0 aromatic heterocycles. The summed E-state index contributed by atoms with van der Waals surface area (Å²) in [5.74, 6) is -0.682. The lowest BCUT2D eigenvalue weighted by atomic mass is 9.94. The first-order chi connectivity index (χ1) is 15.5. The van der Waals surface area contributed by atoms with Crippen molar-refractivity contribution in [1.82, 2.24) is 0 Å². The first-order valence-electron chi connectivity index (χ1n) is 10.1. The Morgan fingerprint density at radius 2 is 1.53 bits per heavy atom. The zero-order chi connectivity index (χ0) is 22.8. The van der Waals surface area contributed by atoms with Crippen LogP contribution in [0.1, 0.15) is 22.7 Å². The fourth-order valence-corrected chi connectivity index (χ4v) is 4.00. The van der Waals surface area contributed by atoms with Crippen molar-refractivity contribution in [3.63, 3.8) is 0 Å². The lowest BCUT2D eigenvalue weighted by molar-refractivity contribution is -0.132. The zero-order valence-electron chi connectivity index (χ0n) is 18.0. The lowest BCUT2D eigenvalue weighted by Crippen LogP contribution is -2.30. The number of aliphatic hydroxyl groups is 1. The van der Waals surface area contributed by atoms with Crippen molar-refractivity contribution in [2.75, 3.05) is 19.1 Å². The van der Waals surface area contributed by atoms with E-state index in [2.05, 4.69) is 0 Å². The summed E-state index contributed by atoms with van der Waals surface area (Å²) in [6.07, 6.45) is 0. The third kappa shape index (κ3) is 3.50. The Kier molecular flexibility index (Phi) is 5.69. The number of hydrogen-bond donors (Lipinski definition) is 1. The Morgan fingerprint density at radius 1 is 0.875 bits per heavy atom. The smallest absolute Gasteiger partial charge is 0.300 e. The number of carbonyl (C=O) groups is 2. The Bertz CT molecular complexity index is 1210. The summed E-state index contributed by atoms with van der Waals surface area (Å²) in [6.45, 7) is 1.87. The highest BCUT2D eigenvalue weighted by molar-refractivity contribution is 6.51. The monoisotopic (exact) mass is 429 g/mol. The van der Waals surface area contributed by atoms with Gasteiger partial charge in [0.1, 0.15) is 17.3 Å². The number of methoxy groups -OCH3 is 2. The number of amides is 1. The molecule has 1 fully saturated rings. The predicted octanol–water partition coefficient (Wildman–Crippen LogP) is 4.64. The van der Waals surface area contributed by atoms with Crippen LogP contribution in [-0.4, -0.2) is 31.0 Å². The molecule has 1 amide bonds. The first kappa shape index (κ1) is 21.2. The second kappa shape index (κ2) is 8.59. The molecule has 1 heterocycles. The average Bonchev–Trinajstić information content (AvgIpc) is 3.09. The standard InChI is InChI=1S/C26H23NO5/c1-16-8-4-6-10-20(16)27-23(17-12-14-18(31-2)15-13-17)22(25(29)26(27)30)24(28)19-9-5-7-11-21(19)32-3/h4-15,23,28H,1-3H3/b24-22-. The maximum absolute atomic E-state index is 13.2. The van der Waals surface area contributed by atoms with Gasteiger partial charge in [-0.25, -0.2) is 0 Å². The van der Waals surface area contributed by atoms with Gasteiger partial charge in [-0.05, 0) is 48.4 Å². The molecule has 3 aromatic rings. The number of aryl methyl sites for hydroxylation is 1. The van der Waals surface area contributed by atoms with Crippen LogP contribution in [-0.2, 0) is 9.59 Å². The maximum atomic E-state index is 13.2. The SMILES string of the molecule is COc1ccc(C2/C(=C(/O)c3ccccc3OC)C(=O)C(=O)N2c2ccccc2C)cc1. The molecule has 1 N–H and O–H groups in total. The number of ketones is 1. The van der Waals surface area contributed by atoms with Crippen LogP contribution in [0.4, 0.5) is 5.69 Å². The molecule has 162 valence electrons. The molecule has 0 bridgehead atoms. The maximum Gasteiger partial charge on any atom is 0.300 e. The van der Waals surface area contributed by atoms with Crippen LogP contribution in [0.2, 0.25) is 0 Å². The van der Waals surface area contributed by atoms with Gasteiger partial charge in [-0.3, -0.25) is 14.5 Å². The molecule has 1 atom stereocenters. The van der Waals surface area contributed by atoms with Crippen molar-refractivity contribution in [2.24, 2.45) is 0 Å². The zero-order valence-corrected chi connectivity index (χ0v) is 18.0. The molecule has 1 saturated heterocycles. The predicted molar refractivity (Wildman–Crippen MR) is 122 cm³/mol. The molecular weight excluding hydrogens is 406 g/mol. The van der Waals surface area contributed by atoms with Crippen LogP contribution in [0.5, 0.6) is 11.5 Å². The summed E-state index contributed by atoms with van der Waals surface area (Å²) in [5.41, 5.74) is 2.47. The molecule has 0 aliphatic carbocycles.